The molecule has 1 N–H and O–H groups in total. The van der Waals surface area contributed by atoms with Crippen LogP contribution in [0.25, 0.3) is 0 Å². The second-order valence-electron chi connectivity index (χ2n) is 5.27. The third-order valence-electron chi connectivity index (χ3n) is 3.04. The van der Waals surface area contributed by atoms with Crippen LogP contribution in [0, 0.1) is 0 Å². The van der Waals surface area contributed by atoms with Crippen LogP contribution in [-0.2, 0) is 6.54 Å². The van der Waals surface area contributed by atoms with Crippen LogP contribution in [0.15, 0.2) is 18.3 Å². The molecule has 0 spiro atoms. The highest BCUT2D eigenvalue weighted by Crippen LogP contribution is 2.15. The van der Waals surface area contributed by atoms with Crippen molar-refractivity contribution in [3.63, 3.8) is 0 Å². The number of aromatic nitrogens is 1. The van der Waals surface area contributed by atoms with E-state index in [0.29, 0.717) is 6.04 Å². The van der Waals surface area contributed by atoms with Crippen LogP contribution < -0.4 is 10.1 Å². The lowest BCUT2D eigenvalue weighted by atomic mass is 10.2. The number of pyridine rings is 1. The number of hydrogen-bond acceptors (Lipinski definition) is 3. The van der Waals surface area contributed by atoms with Crippen molar-refractivity contribution in [1.29, 1.82) is 0 Å². The lowest BCUT2D eigenvalue weighted by molar-refractivity contribution is 0.289. The first-order valence-corrected chi connectivity index (χ1v) is 7.54. The molecule has 1 rings (SSSR count). The third kappa shape index (κ3) is 7.16. The van der Waals surface area contributed by atoms with Gasteiger partial charge >= 0.3 is 0 Å². The minimum absolute atomic E-state index is 0.474. The van der Waals surface area contributed by atoms with Gasteiger partial charge in [0.15, 0.2) is 0 Å². The molecule has 0 aromatic carbocycles. The summed E-state index contributed by atoms with van der Waals surface area (Å²) in [6, 6.07) is 4.52. The van der Waals surface area contributed by atoms with Crippen LogP contribution in [0.1, 0.15) is 58.4 Å². The fraction of sp³-hybridized carbons (Fsp3) is 0.688. The van der Waals surface area contributed by atoms with Gasteiger partial charge in [-0.1, -0.05) is 52.5 Å². The van der Waals surface area contributed by atoms with E-state index >= 15 is 0 Å². The molecule has 3 heteroatoms. The molecule has 1 aromatic rings. The Hall–Kier alpha value is -1.09. The molecule has 0 aliphatic heterocycles. The normalized spacial score (nSPS) is 10.9. The minimum atomic E-state index is 0.474. The lowest BCUT2D eigenvalue weighted by Gasteiger charge is -2.12. The summed E-state index contributed by atoms with van der Waals surface area (Å²) in [4.78, 5) is 4.33. The molecular formula is C16H28N2O. The van der Waals surface area contributed by atoms with Gasteiger partial charge < -0.3 is 10.1 Å². The van der Waals surface area contributed by atoms with E-state index in [1.807, 2.05) is 6.07 Å². The molecule has 0 fully saturated rings. The van der Waals surface area contributed by atoms with Gasteiger partial charge in [0.05, 0.1) is 6.61 Å². The molecule has 3 nitrogen and oxygen atoms in total. The number of ether oxygens (including phenoxy) is 1. The molecular weight excluding hydrogens is 236 g/mol. The molecule has 19 heavy (non-hydrogen) atoms. The van der Waals surface area contributed by atoms with E-state index in [1.54, 1.807) is 6.20 Å². The Morgan fingerprint density at radius 3 is 2.74 bits per heavy atom. The highest BCUT2D eigenvalue weighted by molar-refractivity contribution is 5.25. The summed E-state index contributed by atoms with van der Waals surface area (Å²) in [7, 11) is 0. The zero-order valence-electron chi connectivity index (χ0n) is 12.6. The summed E-state index contributed by atoms with van der Waals surface area (Å²) in [6.07, 6.45) is 8.09. The summed E-state index contributed by atoms with van der Waals surface area (Å²) in [5, 5.41) is 3.40. The molecule has 0 amide bonds. The predicted octanol–water partition coefficient (Wildman–Crippen LogP) is 3.93. The number of nitrogens with zero attached hydrogens (tertiary/aromatic N) is 1. The van der Waals surface area contributed by atoms with Crippen molar-refractivity contribution in [1.82, 2.24) is 10.3 Å². The Labute approximate surface area is 117 Å². The molecule has 0 saturated carbocycles. The molecule has 0 unspecified atom stereocenters. The van der Waals surface area contributed by atoms with Crippen LogP contribution >= 0.6 is 0 Å². The zero-order valence-corrected chi connectivity index (χ0v) is 12.6. The van der Waals surface area contributed by atoms with E-state index in [-0.39, 0.29) is 0 Å². The van der Waals surface area contributed by atoms with Gasteiger partial charge in [0, 0.05) is 24.3 Å². The van der Waals surface area contributed by atoms with Crippen LogP contribution in [-0.4, -0.2) is 17.6 Å². The summed E-state index contributed by atoms with van der Waals surface area (Å²) < 4.78 is 5.80. The van der Waals surface area contributed by atoms with Crippen LogP contribution in [0.3, 0.4) is 0 Å². The number of hydrogen-bond donors (Lipinski definition) is 1. The second-order valence-corrected chi connectivity index (χ2v) is 5.27. The van der Waals surface area contributed by atoms with E-state index < -0.39 is 0 Å². The highest BCUT2D eigenvalue weighted by Gasteiger charge is 2.04. The van der Waals surface area contributed by atoms with Crippen molar-refractivity contribution in [3.8, 4) is 5.88 Å². The number of rotatable bonds is 10. The molecule has 1 heterocycles. The molecule has 108 valence electrons. The molecule has 0 aliphatic rings. The van der Waals surface area contributed by atoms with Crippen molar-refractivity contribution >= 4 is 0 Å². The monoisotopic (exact) mass is 264 g/mol. The van der Waals surface area contributed by atoms with Gasteiger partial charge in [-0.2, -0.15) is 0 Å². The van der Waals surface area contributed by atoms with E-state index in [0.717, 1.165) is 31.0 Å². The highest BCUT2D eigenvalue weighted by atomic mass is 16.5. The number of unbranched alkanes of at least 4 members (excludes halogenated alkanes) is 4. The molecule has 0 radical (unpaired) electrons. The maximum Gasteiger partial charge on any atom is 0.217 e. The Balaban J connectivity index is 2.31. The van der Waals surface area contributed by atoms with Crippen molar-refractivity contribution in [2.24, 2.45) is 0 Å². The summed E-state index contributed by atoms with van der Waals surface area (Å²) in [5.74, 6) is 0.783. The van der Waals surface area contributed by atoms with Crippen LogP contribution in [0.2, 0.25) is 0 Å². The molecule has 0 atom stereocenters. The van der Waals surface area contributed by atoms with Gasteiger partial charge in [-0.3, -0.25) is 0 Å². The fourth-order valence-corrected chi connectivity index (χ4v) is 1.88. The summed E-state index contributed by atoms with van der Waals surface area (Å²) in [5.41, 5.74) is 1.14. The predicted molar refractivity (Wildman–Crippen MR) is 80.5 cm³/mol. The van der Waals surface area contributed by atoms with Gasteiger partial charge in [-0.15, -0.1) is 0 Å². The topological polar surface area (TPSA) is 34.1 Å². The Bertz CT molecular complexity index is 339. The molecule has 1 aromatic heterocycles. The van der Waals surface area contributed by atoms with Crippen molar-refractivity contribution in [2.75, 3.05) is 6.61 Å². The minimum Gasteiger partial charge on any atom is -0.477 e. The average molecular weight is 264 g/mol. The van der Waals surface area contributed by atoms with Crippen LogP contribution in [0.4, 0.5) is 0 Å². The van der Waals surface area contributed by atoms with Gasteiger partial charge in [-0.05, 0) is 12.5 Å². The summed E-state index contributed by atoms with van der Waals surface area (Å²) >= 11 is 0. The Morgan fingerprint density at radius 1 is 1.21 bits per heavy atom. The second kappa shape index (κ2) is 9.79. The SMILES string of the molecule is CCCCCCCOc1ncccc1CNC(C)C. The molecule has 0 bridgehead atoms. The van der Waals surface area contributed by atoms with Crippen LogP contribution in [0.5, 0.6) is 5.88 Å². The van der Waals surface area contributed by atoms with E-state index in [2.05, 4.69) is 37.1 Å². The fourth-order valence-electron chi connectivity index (χ4n) is 1.88. The Kier molecular flexibility index (Phi) is 8.23. The zero-order chi connectivity index (χ0) is 13.9. The molecule has 0 saturated heterocycles. The summed E-state index contributed by atoms with van der Waals surface area (Å²) in [6.45, 7) is 8.11. The largest absolute Gasteiger partial charge is 0.477 e. The standard InChI is InChI=1S/C16H28N2O/c1-4-5-6-7-8-12-19-16-15(10-9-11-17-16)13-18-14(2)3/h9-11,14,18H,4-8,12-13H2,1-3H3. The maximum atomic E-state index is 5.80. The first kappa shape index (κ1) is 16.0. The van der Waals surface area contributed by atoms with Crippen molar-refractivity contribution in [3.05, 3.63) is 23.9 Å². The lowest BCUT2D eigenvalue weighted by Crippen LogP contribution is -2.22. The van der Waals surface area contributed by atoms with Gasteiger partial charge in [0.25, 0.3) is 0 Å². The first-order valence-electron chi connectivity index (χ1n) is 7.54. The maximum absolute atomic E-state index is 5.80. The van der Waals surface area contributed by atoms with Gasteiger partial charge in [-0.25, -0.2) is 4.98 Å². The average Bonchev–Trinajstić information content (AvgIpc) is 2.41. The number of nitrogens with one attached hydrogen (secondary N) is 1. The van der Waals surface area contributed by atoms with E-state index in [4.69, 9.17) is 4.74 Å². The van der Waals surface area contributed by atoms with Gasteiger partial charge in [0.2, 0.25) is 5.88 Å². The van der Waals surface area contributed by atoms with E-state index in [9.17, 15) is 0 Å². The van der Waals surface area contributed by atoms with E-state index in [1.165, 1.54) is 25.7 Å². The smallest absolute Gasteiger partial charge is 0.217 e. The third-order valence-corrected chi connectivity index (χ3v) is 3.04. The first-order chi connectivity index (χ1) is 9.24. The van der Waals surface area contributed by atoms with Crippen molar-refractivity contribution in [2.45, 2.75) is 65.5 Å². The Morgan fingerprint density at radius 2 is 2.00 bits per heavy atom. The van der Waals surface area contributed by atoms with Gasteiger partial charge in [0.1, 0.15) is 0 Å². The quantitative estimate of drug-likeness (QED) is 0.650. The molecule has 0 aliphatic carbocycles. The van der Waals surface area contributed by atoms with Crippen molar-refractivity contribution < 1.29 is 4.74 Å².